The van der Waals surface area contributed by atoms with E-state index < -0.39 is 23.8 Å². The zero-order valence-corrected chi connectivity index (χ0v) is 16.2. The Morgan fingerprint density at radius 3 is 2.63 bits per heavy atom. The number of hydrogen-bond donors (Lipinski definition) is 0. The molecule has 0 spiro atoms. The molecular formula is C20H15ClF3N3O3. The van der Waals surface area contributed by atoms with Crippen LogP contribution in [0.5, 0.6) is 5.75 Å². The molecule has 10 heteroatoms. The average Bonchev–Trinajstić information content (AvgIpc) is 2.71. The number of carbonyl (C=O) groups excluding carboxylic acids is 1. The topological polar surface area (TPSA) is 75.5 Å². The van der Waals surface area contributed by atoms with Gasteiger partial charge in [0, 0.05) is 18.3 Å². The van der Waals surface area contributed by atoms with Crippen molar-refractivity contribution >= 4 is 17.4 Å². The minimum absolute atomic E-state index is 0.0793. The van der Waals surface area contributed by atoms with Crippen molar-refractivity contribution in [3.63, 3.8) is 0 Å². The molecule has 0 saturated heterocycles. The first-order chi connectivity index (χ1) is 14.3. The van der Waals surface area contributed by atoms with Crippen LogP contribution in [0.3, 0.4) is 0 Å². The predicted octanol–water partition coefficient (Wildman–Crippen LogP) is 4.33. The average molecular weight is 438 g/mol. The maximum atomic E-state index is 12.9. The molecule has 156 valence electrons. The smallest absolute Gasteiger partial charge is 0.497 e. The number of ether oxygens (including phenoxy) is 2. The predicted molar refractivity (Wildman–Crippen MR) is 100 cm³/mol. The van der Waals surface area contributed by atoms with Crippen molar-refractivity contribution in [3.8, 4) is 11.8 Å². The third-order valence-electron chi connectivity index (χ3n) is 4.27. The second-order valence-electron chi connectivity index (χ2n) is 6.32. The van der Waals surface area contributed by atoms with Crippen molar-refractivity contribution < 1.29 is 27.4 Å². The fraction of sp³-hybridized carbons (Fsp3) is 0.250. The number of alkyl halides is 3. The van der Waals surface area contributed by atoms with E-state index in [1.165, 1.54) is 18.4 Å². The maximum Gasteiger partial charge on any atom is 0.573 e. The van der Waals surface area contributed by atoms with E-state index >= 15 is 0 Å². The summed E-state index contributed by atoms with van der Waals surface area (Å²) in [5, 5.41) is 9.99. The van der Waals surface area contributed by atoms with Crippen molar-refractivity contribution in [2.75, 3.05) is 13.2 Å². The van der Waals surface area contributed by atoms with Crippen LogP contribution in [-0.4, -0.2) is 35.2 Å². The summed E-state index contributed by atoms with van der Waals surface area (Å²) in [5.74, 6) is -2.21. The molecular weight excluding hydrogens is 423 g/mol. The number of Topliss-reactive ketones (excluding diaryl/α,β-unsaturated/α-hetero) is 1. The number of aromatic nitrogens is 1. The summed E-state index contributed by atoms with van der Waals surface area (Å²) < 4.78 is 46.0. The van der Waals surface area contributed by atoms with Crippen LogP contribution in [0, 0.1) is 17.2 Å². The van der Waals surface area contributed by atoms with Gasteiger partial charge in [-0.2, -0.15) is 5.26 Å². The summed E-state index contributed by atoms with van der Waals surface area (Å²) in [5.41, 5.74) is 1.26. The number of benzene rings is 1. The zero-order chi connectivity index (χ0) is 21.7. The number of rotatable bonds is 6. The van der Waals surface area contributed by atoms with E-state index in [4.69, 9.17) is 16.3 Å². The second-order valence-corrected chi connectivity index (χ2v) is 6.71. The molecule has 0 bridgehead atoms. The monoisotopic (exact) mass is 437 g/mol. The summed E-state index contributed by atoms with van der Waals surface area (Å²) in [4.78, 5) is 18.7. The van der Waals surface area contributed by atoms with E-state index in [9.17, 15) is 23.2 Å². The number of carbonyl (C=O) groups is 1. The Balaban J connectivity index is 1.78. The standard InChI is InChI=1S/C20H15ClF3N3O3/c21-18-6-1-13(10-26-18)11-27-7-8-29-12-17(27)16(9-25)19(28)14-2-4-15(5-3-14)30-20(22,23)24/h1-6,10,12,16H,7-8,11H2. The van der Waals surface area contributed by atoms with Crippen LogP contribution in [0.15, 0.2) is 54.6 Å². The van der Waals surface area contributed by atoms with E-state index in [0.717, 1.165) is 17.7 Å². The Hall–Kier alpha value is -3.25. The van der Waals surface area contributed by atoms with Crippen LogP contribution in [0.2, 0.25) is 5.15 Å². The molecule has 1 unspecified atom stereocenters. The van der Waals surface area contributed by atoms with Crippen LogP contribution in [0.4, 0.5) is 13.2 Å². The fourth-order valence-electron chi connectivity index (χ4n) is 2.90. The molecule has 0 saturated carbocycles. The van der Waals surface area contributed by atoms with Gasteiger partial charge in [0.05, 0.1) is 18.3 Å². The minimum Gasteiger partial charge on any atom is -0.497 e. The van der Waals surface area contributed by atoms with E-state index in [1.807, 2.05) is 11.0 Å². The second kappa shape index (κ2) is 9.05. The van der Waals surface area contributed by atoms with Gasteiger partial charge in [0.2, 0.25) is 0 Å². The van der Waals surface area contributed by atoms with Gasteiger partial charge in [-0.05, 0) is 35.9 Å². The van der Waals surface area contributed by atoms with Gasteiger partial charge in [0.25, 0.3) is 0 Å². The van der Waals surface area contributed by atoms with Crippen LogP contribution in [-0.2, 0) is 11.3 Å². The summed E-state index contributed by atoms with van der Waals surface area (Å²) in [7, 11) is 0. The van der Waals surface area contributed by atoms with Crippen LogP contribution >= 0.6 is 11.6 Å². The van der Waals surface area contributed by atoms with Gasteiger partial charge in [-0.3, -0.25) is 4.79 Å². The molecule has 6 nitrogen and oxygen atoms in total. The van der Waals surface area contributed by atoms with Crippen molar-refractivity contribution in [1.82, 2.24) is 9.88 Å². The Kier molecular flexibility index (Phi) is 6.47. The summed E-state index contributed by atoms with van der Waals surface area (Å²) in [6.07, 6.45) is -1.88. The van der Waals surface area contributed by atoms with Gasteiger partial charge in [0.15, 0.2) is 11.7 Å². The van der Waals surface area contributed by atoms with Crippen molar-refractivity contribution in [2.24, 2.45) is 5.92 Å². The lowest BCUT2D eigenvalue weighted by atomic mass is 9.94. The molecule has 0 radical (unpaired) electrons. The van der Waals surface area contributed by atoms with Crippen molar-refractivity contribution in [1.29, 1.82) is 5.26 Å². The van der Waals surface area contributed by atoms with E-state index in [2.05, 4.69) is 9.72 Å². The first kappa shape index (κ1) is 21.5. The van der Waals surface area contributed by atoms with Gasteiger partial charge in [-0.1, -0.05) is 17.7 Å². The molecule has 0 N–H and O–H groups in total. The number of nitrogens with zero attached hydrogens (tertiary/aromatic N) is 3. The normalized spacial score (nSPS) is 14.9. The highest BCUT2D eigenvalue weighted by molar-refractivity contribution is 6.29. The van der Waals surface area contributed by atoms with Crippen LogP contribution in [0.1, 0.15) is 15.9 Å². The van der Waals surface area contributed by atoms with E-state index in [1.54, 1.807) is 18.3 Å². The highest BCUT2D eigenvalue weighted by Crippen LogP contribution is 2.27. The first-order valence-corrected chi connectivity index (χ1v) is 9.11. The molecule has 1 aromatic carbocycles. The molecule has 30 heavy (non-hydrogen) atoms. The third-order valence-corrected chi connectivity index (χ3v) is 4.49. The lowest BCUT2D eigenvalue weighted by molar-refractivity contribution is -0.274. The summed E-state index contributed by atoms with van der Waals surface area (Å²) >= 11 is 5.80. The molecule has 0 aliphatic carbocycles. The van der Waals surface area contributed by atoms with E-state index in [0.29, 0.717) is 30.5 Å². The number of ketones is 1. The molecule has 2 aromatic rings. The Labute approximate surface area is 175 Å². The lowest BCUT2D eigenvalue weighted by Gasteiger charge is -2.32. The molecule has 1 aliphatic heterocycles. The quantitative estimate of drug-likeness (QED) is 0.494. The SMILES string of the molecule is N#CC(C(=O)c1ccc(OC(F)(F)F)cc1)C1=COCCN1Cc1ccc(Cl)nc1. The van der Waals surface area contributed by atoms with Crippen LogP contribution in [0.25, 0.3) is 0 Å². The molecule has 0 fully saturated rings. The minimum atomic E-state index is -4.83. The number of halogens is 4. The fourth-order valence-corrected chi connectivity index (χ4v) is 3.01. The van der Waals surface area contributed by atoms with Crippen LogP contribution < -0.4 is 4.74 Å². The Morgan fingerprint density at radius 2 is 2.03 bits per heavy atom. The largest absolute Gasteiger partial charge is 0.573 e. The molecule has 3 rings (SSSR count). The maximum absolute atomic E-state index is 12.9. The summed E-state index contributed by atoms with van der Waals surface area (Å²) in [6.45, 7) is 1.20. The van der Waals surface area contributed by atoms with Crippen molar-refractivity contribution in [3.05, 3.63) is 70.8 Å². The summed E-state index contributed by atoms with van der Waals surface area (Å²) in [6, 6.07) is 9.80. The molecule has 1 aliphatic rings. The lowest BCUT2D eigenvalue weighted by Crippen LogP contribution is -2.35. The van der Waals surface area contributed by atoms with Gasteiger partial charge in [-0.15, -0.1) is 13.2 Å². The number of allylic oxidation sites excluding steroid dienone is 1. The Bertz CT molecular complexity index is 970. The highest BCUT2D eigenvalue weighted by atomic mass is 35.5. The zero-order valence-electron chi connectivity index (χ0n) is 15.4. The molecule has 2 heterocycles. The third kappa shape index (κ3) is 5.42. The number of pyridine rings is 1. The molecule has 1 aromatic heterocycles. The highest BCUT2D eigenvalue weighted by Gasteiger charge is 2.32. The number of nitriles is 1. The van der Waals surface area contributed by atoms with Gasteiger partial charge in [0.1, 0.15) is 23.8 Å². The van der Waals surface area contributed by atoms with Gasteiger partial charge < -0.3 is 14.4 Å². The molecule has 0 amide bonds. The van der Waals surface area contributed by atoms with Gasteiger partial charge in [-0.25, -0.2) is 4.98 Å². The first-order valence-electron chi connectivity index (χ1n) is 8.73. The Morgan fingerprint density at radius 1 is 1.30 bits per heavy atom. The van der Waals surface area contributed by atoms with E-state index in [-0.39, 0.29) is 5.56 Å². The van der Waals surface area contributed by atoms with Gasteiger partial charge >= 0.3 is 6.36 Å². The number of hydrogen-bond acceptors (Lipinski definition) is 6. The molecule has 1 atom stereocenters. The van der Waals surface area contributed by atoms with Crippen molar-refractivity contribution in [2.45, 2.75) is 12.9 Å².